The van der Waals surface area contributed by atoms with Gasteiger partial charge in [-0.3, -0.25) is 0 Å². The normalized spacial score (nSPS) is 12.8. The average molecular weight is 255 g/mol. The summed E-state index contributed by atoms with van der Waals surface area (Å²) in [5.74, 6) is 0.798. The molecule has 1 heterocycles. The van der Waals surface area contributed by atoms with Crippen molar-refractivity contribution >= 4 is 11.8 Å². The number of rotatable bonds is 6. The lowest BCUT2D eigenvalue weighted by Crippen LogP contribution is -2.26. The third kappa shape index (κ3) is 4.26. The minimum absolute atomic E-state index is 0.0792. The van der Waals surface area contributed by atoms with E-state index >= 15 is 0 Å². The molecule has 5 heteroatoms. The Morgan fingerprint density at radius 1 is 1.24 bits per heavy atom. The number of aromatic nitrogens is 2. The molecule has 4 nitrogen and oxygen atoms in total. The Morgan fingerprint density at radius 2 is 1.82 bits per heavy atom. The van der Waals surface area contributed by atoms with Crippen molar-refractivity contribution in [1.29, 1.82) is 0 Å². The van der Waals surface area contributed by atoms with E-state index in [1.165, 1.54) is 0 Å². The van der Waals surface area contributed by atoms with Gasteiger partial charge in [-0.1, -0.05) is 11.8 Å². The van der Waals surface area contributed by atoms with Crippen LogP contribution in [0.3, 0.4) is 0 Å². The predicted octanol–water partition coefficient (Wildman–Crippen LogP) is 1.86. The first-order valence-electron chi connectivity index (χ1n) is 5.84. The van der Waals surface area contributed by atoms with Crippen LogP contribution in [-0.4, -0.2) is 35.0 Å². The molecule has 0 aliphatic heterocycles. The zero-order chi connectivity index (χ0) is 12.8. The van der Waals surface area contributed by atoms with Crippen molar-refractivity contribution in [3.63, 3.8) is 0 Å². The Morgan fingerprint density at radius 3 is 2.29 bits per heavy atom. The van der Waals surface area contributed by atoms with E-state index in [4.69, 9.17) is 10.5 Å². The van der Waals surface area contributed by atoms with Gasteiger partial charge in [0.25, 0.3) is 0 Å². The van der Waals surface area contributed by atoms with Gasteiger partial charge in [-0.25, -0.2) is 9.97 Å². The Balaban J connectivity index is 2.63. The Kier molecular flexibility index (Phi) is 5.88. The molecular weight excluding hydrogens is 234 g/mol. The fourth-order valence-electron chi connectivity index (χ4n) is 1.39. The summed E-state index contributed by atoms with van der Waals surface area (Å²) in [6, 6.07) is 0. The van der Waals surface area contributed by atoms with Crippen molar-refractivity contribution in [2.45, 2.75) is 39.0 Å². The van der Waals surface area contributed by atoms with Gasteiger partial charge in [0.1, 0.15) is 0 Å². The van der Waals surface area contributed by atoms with Gasteiger partial charge in [0.05, 0.1) is 6.10 Å². The molecule has 0 radical (unpaired) electrons. The van der Waals surface area contributed by atoms with Gasteiger partial charge in [-0.05, 0) is 33.3 Å². The first kappa shape index (κ1) is 14.4. The summed E-state index contributed by atoms with van der Waals surface area (Å²) in [4.78, 5) is 8.91. The summed E-state index contributed by atoms with van der Waals surface area (Å²) in [5, 5.41) is 0.809. The van der Waals surface area contributed by atoms with Crippen LogP contribution >= 0.6 is 11.8 Å². The van der Waals surface area contributed by atoms with Crippen LogP contribution in [0.25, 0.3) is 0 Å². The van der Waals surface area contributed by atoms with Crippen molar-refractivity contribution < 1.29 is 4.74 Å². The van der Waals surface area contributed by atoms with E-state index in [2.05, 4.69) is 9.97 Å². The number of nitrogens with zero attached hydrogens (tertiary/aromatic N) is 2. The van der Waals surface area contributed by atoms with E-state index < -0.39 is 0 Å². The molecule has 1 rings (SSSR count). The third-order valence-corrected chi connectivity index (χ3v) is 3.65. The molecule has 1 aromatic heterocycles. The number of hydrogen-bond donors (Lipinski definition) is 1. The maximum Gasteiger partial charge on any atom is 0.188 e. The highest BCUT2D eigenvalue weighted by atomic mass is 32.2. The average Bonchev–Trinajstić information content (AvgIpc) is 2.31. The summed E-state index contributed by atoms with van der Waals surface area (Å²) in [7, 11) is 0. The largest absolute Gasteiger partial charge is 0.376 e. The van der Waals surface area contributed by atoms with E-state index in [0.29, 0.717) is 13.2 Å². The van der Waals surface area contributed by atoms with Crippen LogP contribution in [0, 0.1) is 20.8 Å². The Hall–Kier alpha value is -0.650. The minimum atomic E-state index is 0.0792. The fourth-order valence-corrected chi connectivity index (χ4v) is 2.36. The highest BCUT2D eigenvalue weighted by molar-refractivity contribution is 7.99. The quantitative estimate of drug-likeness (QED) is 0.621. The zero-order valence-corrected chi connectivity index (χ0v) is 11.8. The van der Waals surface area contributed by atoms with Gasteiger partial charge in [-0.15, -0.1) is 0 Å². The Labute approximate surface area is 107 Å². The van der Waals surface area contributed by atoms with Crippen molar-refractivity contribution in [3.05, 3.63) is 17.0 Å². The van der Waals surface area contributed by atoms with Crippen molar-refractivity contribution in [1.82, 2.24) is 9.97 Å². The third-order valence-electron chi connectivity index (χ3n) is 2.68. The topological polar surface area (TPSA) is 61.0 Å². The minimum Gasteiger partial charge on any atom is -0.376 e. The zero-order valence-electron chi connectivity index (χ0n) is 11.0. The SMILES string of the molecule is CCOC(CN)CSc1nc(C)c(C)c(C)n1. The molecule has 0 saturated carbocycles. The lowest BCUT2D eigenvalue weighted by Gasteiger charge is -2.14. The number of hydrogen-bond acceptors (Lipinski definition) is 5. The molecule has 1 unspecified atom stereocenters. The van der Waals surface area contributed by atoms with Gasteiger partial charge in [0, 0.05) is 30.3 Å². The predicted molar refractivity (Wildman–Crippen MR) is 71.4 cm³/mol. The second-order valence-electron chi connectivity index (χ2n) is 3.93. The molecule has 0 fully saturated rings. The maximum atomic E-state index is 5.63. The number of ether oxygens (including phenoxy) is 1. The van der Waals surface area contributed by atoms with E-state index in [9.17, 15) is 0 Å². The highest BCUT2D eigenvalue weighted by Gasteiger charge is 2.10. The van der Waals surface area contributed by atoms with E-state index in [0.717, 1.165) is 27.9 Å². The molecule has 0 aliphatic rings. The molecule has 0 spiro atoms. The van der Waals surface area contributed by atoms with Crippen LogP contribution in [0.15, 0.2) is 5.16 Å². The lowest BCUT2D eigenvalue weighted by molar-refractivity contribution is 0.0858. The van der Waals surface area contributed by atoms with Gasteiger partial charge in [0.2, 0.25) is 0 Å². The van der Waals surface area contributed by atoms with Gasteiger partial charge >= 0.3 is 0 Å². The smallest absolute Gasteiger partial charge is 0.188 e. The second kappa shape index (κ2) is 6.93. The first-order chi connectivity index (χ1) is 8.08. The molecule has 0 aliphatic carbocycles. The standard InChI is InChI=1S/C12H21N3OS/c1-5-16-11(6-13)7-17-12-14-9(3)8(2)10(4)15-12/h11H,5-7,13H2,1-4H3. The summed E-state index contributed by atoms with van der Waals surface area (Å²) in [5.41, 5.74) is 8.87. The number of nitrogens with two attached hydrogens (primary N) is 1. The van der Waals surface area contributed by atoms with E-state index in [1.807, 2.05) is 27.7 Å². The summed E-state index contributed by atoms with van der Waals surface area (Å²) in [6.45, 7) is 9.26. The summed E-state index contributed by atoms with van der Waals surface area (Å²) >= 11 is 1.60. The molecule has 1 atom stereocenters. The summed E-state index contributed by atoms with van der Waals surface area (Å²) in [6.07, 6.45) is 0.0792. The molecule has 1 aromatic rings. The Bertz CT molecular complexity index is 348. The lowest BCUT2D eigenvalue weighted by atomic mass is 10.2. The molecule has 0 bridgehead atoms. The molecule has 96 valence electrons. The number of aryl methyl sites for hydroxylation is 2. The number of thioether (sulfide) groups is 1. The monoisotopic (exact) mass is 255 g/mol. The second-order valence-corrected chi connectivity index (χ2v) is 4.91. The maximum absolute atomic E-state index is 5.63. The van der Waals surface area contributed by atoms with Gasteiger partial charge < -0.3 is 10.5 Å². The summed E-state index contributed by atoms with van der Waals surface area (Å²) < 4.78 is 5.50. The molecular formula is C12H21N3OS. The van der Waals surface area contributed by atoms with Crippen LogP contribution in [0.1, 0.15) is 23.9 Å². The molecule has 0 amide bonds. The van der Waals surface area contributed by atoms with Crippen LogP contribution in [0.5, 0.6) is 0 Å². The van der Waals surface area contributed by atoms with Crippen LogP contribution in [0.2, 0.25) is 0 Å². The van der Waals surface area contributed by atoms with Crippen molar-refractivity contribution in [2.24, 2.45) is 5.73 Å². The molecule has 0 aromatic carbocycles. The molecule has 2 N–H and O–H groups in total. The van der Waals surface area contributed by atoms with Crippen LogP contribution in [0.4, 0.5) is 0 Å². The van der Waals surface area contributed by atoms with Crippen LogP contribution < -0.4 is 5.73 Å². The first-order valence-corrected chi connectivity index (χ1v) is 6.83. The van der Waals surface area contributed by atoms with Crippen LogP contribution in [-0.2, 0) is 4.74 Å². The van der Waals surface area contributed by atoms with Gasteiger partial charge in [0.15, 0.2) is 5.16 Å². The highest BCUT2D eigenvalue weighted by Crippen LogP contribution is 2.18. The fraction of sp³-hybridized carbons (Fsp3) is 0.667. The van der Waals surface area contributed by atoms with E-state index in [-0.39, 0.29) is 6.10 Å². The van der Waals surface area contributed by atoms with Gasteiger partial charge in [-0.2, -0.15) is 0 Å². The van der Waals surface area contributed by atoms with Crippen molar-refractivity contribution in [2.75, 3.05) is 18.9 Å². The molecule has 0 saturated heterocycles. The van der Waals surface area contributed by atoms with E-state index in [1.54, 1.807) is 11.8 Å². The molecule has 17 heavy (non-hydrogen) atoms. The van der Waals surface area contributed by atoms with Crippen molar-refractivity contribution in [3.8, 4) is 0 Å².